The SMILES string of the molecule is Cc1ccc([C@@H](C)CCN2CCC(=O)N(CC(C)C)CC2)o1. The predicted molar refractivity (Wildman–Crippen MR) is 89.0 cm³/mol. The highest BCUT2D eigenvalue weighted by Gasteiger charge is 2.21. The third-order valence-electron chi connectivity index (χ3n) is 4.39. The number of carbonyl (C=O) groups excluding carboxylic acids is 1. The van der Waals surface area contributed by atoms with Crippen LogP contribution in [0.25, 0.3) is 0 Å². The van der Waals surface area contributed by atoms with Crippen molar-refractivity contribution in [2.24, 2.45) is 5.92 Å². The first-order chi connectivity index (χ1) is 10.5. The van der Waals surface area contributed by atoms with E-state index in [-0.39, 0.29) is 0 Å². The van der Waals surface area contributed by atoms with Crippen molar-refractivity contribution in [3.8, 4) is 0 Å². The lowest BCUT2D eigenvalue weighted by molar-refractivity contribution is -0.130. The molecule has 22 heavy (non-hydrogen) atoms. The van der Waals surface area contributed by atoms with Crippen molar-refractivity contribution >= 4 is 5.91 Å². The van der Waals surface area contributed by atoms with Crippen LogP contribution in [0.5, 0.6) is 0 Å². The third kappa shape index (κ3) is 4.87. The highest BCUT2D eigenvalue weighted by atomic mass is 16.3. The highest BCUT2D eigenvalue weighted by Crippen LogP contribution is 2.22. The van der Waals surface area contributed by atoms with Gasteiger partial charge in [0.15, 0.2) is 0 Å². The quantitative estimate of drug-likeness (QED) is 0.809. The first-order valence-corrected chi connectivity index (χ1v) is 8.52. The molecule has 0 aliphatic carbocycles. The van der Waals surface area contributed by atoms with E-state index in [0.29, 0.717) is 24.2 Å². The largest absolute Gasteiger partial charge is 0.466 e. The molecule has 1 aliphatic heterocycles. The minimum absolute atomic E-state index is 0.311. The monoisotopic (exact) mass is 306 g/mol. The number of aryl methyl sites for hydroxylation is 1. The Hall–Kier alpha value is -1.29. The van der Waals surface area contributed by atoms with Crippen molar-refractivity contribution in [1.29, 1.82) is 0 Å². The standard InChI is InChI=1S/C18H30N2O2/c1-14(2)13-20-12-11-19(10-8-18(20)21)9-7-15(3)17-6-5-16(4)22-17/h5-6,14-15H,7-13H2,1-4H3/t15-/m0/s1. The summed E-state index contributed by atoms with van der Waals surface area (Å²) in [6, 6.07) is 4.11. The van der Waals surface area contributed by atoms with E-state index in [4.69, 9.17) is 4.42 Å². The molecule has 1 aliphatic rings. The average Bonchev–Trinajstić information content (AvgIpc) is 2.82. The van der Waals surface area contributed by atoms with Crippen molar-refractivity contribution in [1.82, 2.24) is 9.80 Å². The Morgan fingerprint density at radius 2 is 1.95 bits per heavy atom. The van der Waals surface area contributed by atoms with Crippen molar-refractivity contribution in [3.63, 3.8) is 0 Å². The summed E-state index contributed by atoms with van der Waals surface area (Å²) in [4.78, 5) is 16.6. The molecule has 2 heterocycles. The van der Waals surface area contributed by atoms with Crippen molar-refractivity contribution in [3.05, 3.63) is 23.7 Å². The maximum absolute atomic E-state index is 12.1. The maximum Gasteiger partial charge on any atom is 0.223 e. The van der Waals surface area contributed by atoms with E-state index >= 15 is 0 Å². The van der Waals surface area contributed by atoms with Crippen LogP contribution in [0, 0.1) is 12.8 Å². The van der Waals surface area contributed by atoms with Gasteiger partial charge in [-0.05, 0) is 37.9 Å². The molecule has 4 nitrogen and oxygen atoms in total. The molecule has 0 aromatic carbocycles. The smallest absolute Gasteiger partial charge is 0.223 e. The first kappa shape index (κ1) is 17.1. The van der Waals surface area contributed by atoms with Crippen molar-refractivity contribution in [2.75, 3.05) is 32.7 Å². The van der Waals surface area contributed by atoms with Gasteiger partial charge in [-0.25, -0.2) is 0 Å². The van der Waals surface area contributed by atoms with Crippen LogP contribution >= 0.6 is 0 Å². The molecule has 2 rings (SSSR count). The van der Waals surface area contributed by atoms with Gasteiger partial charge in [-0.3, -0.25) is 4.79 Å². The van der Waals surface area contributed by atoms with Crippen LogP contribution in [0.4, 0.5) is 0 Å². The van der Waals surface area contributed by atoms with Gasteiger partial charge in [0.25, 0.3) is 0 Å². The van der Waals surface area contributed by atoms with Gasteiger partial charge in [0.1, 0.15) is 11.5 Å². The van der Waals surface area contributed by atoms with Crippen LogP contribution in [0.15, 0.2) is 16.5 Å². The Balaban J connectivity index is 1.80. The molecular weight excluding hydrogens is 276 g/mol. The predicted octanol–water partition coefficient (Wildman–Crippen LogP) is 3.27. The Morgan fingerprint density at radius 1 is 1.18 bits per heavy atom. The van der Waals surface area contributed by atoms with E-state index in [2.05, 4.69) is 31.7 Å². The second-order valence-electron chi connectivity index (χ2n) is 6.96. The average molecular weight is 306 g/mol. The van der Waals surface area contributed by atoms with E-state index < -0.39 is 0 Å². The van der Waals surface area contributed by atoms with Crippen LogP contribution in [0.2, 0.25) is 0 Å². The Labute approximate surface area is 134 Å². The molecular formula is C18H30N2O2. The molecule has 1 atom stereocenters. The lowest BCUT2D eigenvalue weighted by atomic mass is 10.0. The van der Waals surface area contributed by atoms with Gasteiger partial charge in [0.05, 0.1) is 0 Å². The number of carbonyl (C=O) groups is 1. The Morgan fingerprint density at radius 3 is 2.59 bits per heavy atom. The van der Waals surface area contributed by atoms with Gasteiger partial charge in [0.2, 0.25) is 5.91 Å². The molecule has 1 amide bonds. The fourth-order valence-electron chi connectivity index (χ4n) is 3.00. The molecule has 0 spiro atoms. The number of amides is 1. The summed E-state index contributed by atoms with van der Waals surface area (Å²) in [7, 11) is 0. The zero-order chi connectivity index (χ0) is 16.1. The summed E-state index contributed by atoms with van der Waals surface area (Å²) in [5, 5.41) is 0. The Kier molecular flexibility index (Phi) is 6.07. The van der Waals surface area contributed by atoms with Crippen LogP contribution in [0.3, 0.4) is 0 Å². The van der Waals surface area contributed by atoms with Gasteiger partial charge >= 0.3 is 0 Å². The number of hydrogen-bond acceptors (Lipinski definition) is 3. The third-order valence-corrected chi connectivity index (χ3v) is 4.39. The zero-order valence-corrected chi connectivity index (χ0v) is 14.5. The number of hydrogen-bond donors (Lipinski definition) is 0. The van der Waals surface area contributed by atoms with Gasteiger partial charge in [-0.1, -0.05) is 20.8 Å². The minimum Gasteiger partial charge on any atom is -0.466 e. The molecule has 1 fully saturated rings. The topological polar surface area (TPSA) is 36.7 Å². The molecule has 0 bridgehead atoms. The number of furan rings is 1. The summed E-state index contributed by atoms with van der Waals surface area (Å²) in [6.07, 6.45) is 1.73. The van der Waals surface area contributed by atoms with Gasteiger partial charge in [0, 0.05) is 38.5 Å². The van der Waals surface area contributed by atoms with Crippen LogP contribution in [-0.2, 0) is 4.79 Å². The zero-order valence-electron chi connectivity index (χ0n) is 14.5. The van der Waals surface area contributed by atoms with E-state index in [9.17, 15) is 4.79 Å². The summed E-state index contributed by atoms with van der Waals surface area (Å²) >= 11 is 0. The normalized spacial score (nSPS) is 18.8. The fourth-order valence-corrected chi connectivity index (χ4v) is 3.00. The van der Waals surface area contributed by atoms with Gasteiger partial charge in [-0.2, -0.15) is 0 Å². The molecule has 0 radical (unpaired) electrons. The molecule has 4 heteroatoms. The maximum atomic E-state index is 12.1. The molecule has 0 N–H and O–H groups in total. The minimum atomic E-state index is 0.311. The second kappa shape index (κ2) is 7.82. The van der Waals surface area contributed by atoms with Gasteiger partial charge < -0.3 is 14.2 Å². The highest BCUT2D eigenvalue weighted by molar-refractivity contribution is 5.76. The van der Waals surface area contributed by atoms with E-state index in [1.165, 1.54) is 0 Å². The van der Waals surface area contributed by atoms with Crippen molar-refractivity contribution < 1.29 is 9.21 Å². The molecule has 124 valence electrons. The summed E-state index contributed by atoms with van der Waals surface area (Å²) in [5.74, 6) is 3.33. The van der Waals surface area contributed by atoms with Crippen LogP contribution < -0.4 is 0 Å². The van der Waals surface area contributed by atoms with Crippen molar-refractivity contribution in [2.45, 2.75) is 46.5 Å². The fraction of sp³-hybridized carbons (Fsp3) is 0.722. The molecule has 0 saturated carbocycles. The van der Waals surface area contributed by atoms with Gasteiger partial charge in [-0.15, -0.1) is 0 Å². The molecule has 0 unspecified atom stereocenters. The summed E-state index contributed by atoms with van der Waals surface area (Å²) in [6.45, 7) is 13.2. The second-order valence-corrected chi connectivity index (χ2v) is 6.96. The number of rotatable bonds is 6. The van der Waals surface area contributed by atoms with E-state index in [0.717, 1.165) is 50.7 Å². The summed E-state index contributed by atoms with van der Waals surface area (Å²) < 4.78 is 5.71. The summed E-state index contributed by atoms with van der Waals surface area (Å²) in [5.41, 5.74) is 0. The lowest BCUT2D eigenvalue weighted by Gasteiger charge is -2.24. The first-order valence-electron chi connectivity index (χ1n) is 8.52. The molecule has 1 aromatic rings. The molecule has 1 saturated heterocycles. The van der Waals surface area contributed by atoms with Crippen LogP contribution in [0.1, 0.15) is 51.1 Å². The van der Waals surface area contributed by atoms with Crippen LogP contribution in [-0.4, -0.2) is 48.4 Å². The lowest BCUT2D eigenvalue weighted by Crippen LogP contribution is -2.36. The molecule has 1 aromatic heterocycles. The number of nitrogens with zero attached hydrogens (tertiary/aromatic N) is 2. The Bertz CT molecular complexity index is 481. The van der Waals surface area contributed by atoms with E-state index in [1.807, 2.05) is 17.9 Å². The van der Waals surface area contributed by atoms with E-state index in [1.54, 1.807) is 0 Å².